The van der Waals surface area contributed by atoms with Gasteiger partial charge in [-0.15, -0.1) is 0 Å². The molecule has 2 saturated heterocycles. The highest BCUT2D eigenvalue weighted by Crippen LogP contribution is 2.53. The number of carbonyl (C=O) groups excluding carboxylic acids is 2. The molecule has 24 nitrogen and oxygen atoms in total. The van der Waals surface area contributed by atoms with E-state index in [1.807, 2.05) is 9.97 Å². The topological polar surface area (TPSA) is 316 Å². The van der Waals surface area contributed by atoms with Gasteiger partial charge in [0.1, 0.15) is 36.8 Å². The van der Waals surface area contributed by atoms with Crippen molar-refractivity contribution in [2.24, 2.45) is 0 Å². The van der Waals surface area contributed by atoms with Crippen LogP contribution in [-0.2, 0) is 53.1 Å². The Labute approximate surface area is 468 Å². The third-order valence-electron chi connectivity index (χ3n) is 13.0. The molecule has 2 aliphatic heterocycles. The highest BCUT2D eigenvalue weighted by Gasteiger charge is 2.66. The number of hydrogen-bond acceptors (Lipinski definition) is 18. The lowest BCUT2D eigenvalue weighted by Gasteiger charge is -2.29. The van der Waals surface area contributed by atoms with Gasteiger partial charge < -0.3 is 38.2 Å². The van der Waals surface area contributed by atoms with Gasteiger partial charge in [-0.2, -0.15) is 14.6 Å². The quantitative estimate of drug-likeness (QED) is 0.0256. The highest BCUT2D eigenvalue weighted by molar-refractivity contribution is 7.52. The second-order valence-corrected chi connectivity index (χ2v) is 23.8. The molecule has 30 heteroatoms. The molecule has 0 aliphatic carbocycles. The number of H-pyrrole nitrogens is 2. The molecule has 2 fully saturated rings. The first kappa shape index (κ1) is 61.8. The van der Waals surface area contributed by atoms with Crippen LogP contribution in [0.15, 0.2) is 128 Å². The number of fused-ring (bicyclic) bond motifs is 2. The number of aromatic nitrogens is 4. The molecule has 6 aromatic rings. The predicted octanol–water partition coefficient (Wildman–Crippen LogP) is 6.05. The molecule has 8 rings (SSSR count). The van der Waals surface area contributed by atoms with E-state index in [4.69, 9.17) is 37.0 Å². The maximum absolute atomic E-state index is 16.9. The Hall–Kier alpha value is -7.26. The van der Waals surface area contributed by atoms with Crippen molar-refractivity contribution in [3.05, 3.63) is 156 Å². The largest absolute Gasteiger partial charge is 0.462 e. The Bertz CT molecular complexity index is 3810. The van der Waals surface area contributed by atoms with E-state index >= 15 is 22.1 Å². The van der Waals surface area contributed by atoms with Crippen LogP contribution in [0.1, 0.15) is 60.3 Å². The van der Waals surface area contributed by atoms with Crippen molar-refractivity contribution in [1.82, 2.24) is 29.3 Å². The second-order valence-electron chi connectivity index (χ2n) is 20.5. The van der Waals surface area contributed by atoms with Crippen LogP contribution < -0.4 is 41.7 Å². The van der Waals surface area contributed by atoms with Crippen molar-refractivity contribution in [3.8, 4) is 11.5 Å². The van der Waals surface area contributed by atoms with E-state index in [-0.39, 0.29) is 22.4 Å². The fraction of sp³-hybridized carbons (Fsp3) is 0.396. The Morgan fingerprint density at radius 3 is 2.00 bits per heavy atom. The van der Waals surface area contributed by atoms with E-state index in [9.17, 15) is 43.5 Å². The number of esters is 2. The van der Waals surface area contributed by atoms with Crippen molar-refractivity contribution in [2.45, 2.75) is 121 Å². The molecule has 0 amide bonds. The van der Waals surface area contributed by atoms with Crippen molar-refractivity contribution in [1.29, 1.82) is 0 Å². The van der Waals surface area contributed by atoms with Gasteiger partial charge >= 0.3 is 44.7 Å². The van der Waals surface area contributed by atoms with Crippen LogP contribution in [0, 0.1) is 0 Å². The number of carbonyl (C=O) groups is 2. The summed E-state index contributed by atoms with van der Waals surface area (Å²) in [5.41, 5.74) is -9.82. The minimum Gasteiger partial charge on any atom is -0.462 e. The Kier molecular flexibility index (Phi) is 17.7. The molecule has 11 atom stereocenters. The van der Waals surface area contributed by atoms with Gasteiger partial charge in [0.15, 0.2) is 35.5 Å². The molecule has 4 unspecified atom stereocenters. The molecule has 0 spiro atoms. The van der Waals surface area contributed by atoms with Crippen LogP contribution in [0.4, 0.5) is 17.6 Å². The minimum absolute atomic E-state index is 0.106. The van der Waals surface area contributed by atoms with Crippen molar-refractivity contribution < 1.29 is 83.5 Å². The molecule has 0 radical (unpaired) electrons. The molecule has 0 bridgehead atoms. The van der Waals surface area contributed by atoms with Crippen LogP contribution >= 0.6 is 15.5 Å². The average molecular weight is 1210 g/mol. The molecule has 83 heavy (non-hydrogen) atoms. The zero-order valence-electron chi connectivity index (χ0n) is 45.3. The second kappa shape index (κ2) is 23.8. The standard InChI is InChI=1S/C53H58F4N6O18P2/c1-29(2)76-43(66)31(5)60-82(72,74-28-53(57)46(69)51(7,55)47(79-53)63-22-20-42(65)59-49(63)71)80-36-18-17-33-16-15-32(23-35(33)25-36)24-38(44(67)77-30(3)4)61-83(73,81-39-14-10-12-34-11-8-9-13-37(34)39)75-27-52(56)45(68)50(6,54)40(78-52)26-62-21-19-41(64)58-48(62)70/h8-23,25-26,29-31,38,45-47,68-69H,24,27-28H2,1-7H3,(H,60,72)(H,61,73)(H,58,64,70)(H,59,65,71)/t31?,38?,45-,46-,47+,50-,51+,52+,53+,82?,83?/m0/s1. The Morgan fingerprint density at radius 2 is 1.33 bits per heavy atom. The number of hydrogen-bond donors (Lipinski definition) is 6. The number of nitrogens with one attached hydrogen (secondary N) is 4. The van der Waals surface area contributed by atoms with E-state index in [0.29, 0.717) is 38.4 Å². The van der Waals surface area contributed by atoms with Gasteiger partial charge in [0.2, 0.25) is 0 Å². The average Bonchev–Trinajstić information content (AvgIpc) is 2.45. The lowest BCUT2D eigenvalue weighted by Crippen LogP contribution is -2.47. The number of benzene rings is 4. The van der Waals surface area contributed by atoms with Crippen molar-refractivity contribution in [3.63, 3.8) is 0 Å². The molecular weight excluding hydrogens is 1150 g/mol. The SMILES string of the molecule is CC(C)OC(=O)C(C)NP(=O)(OC[C@@]1(F)O[C@@H](n2ccc(=O)[nH]c2=O)[C@](C)(F)[C@@H]1O)Oc1ccc2ccc(CC(NP(=O)(OC[C@@]3(F)OC(=Cn4ccc(=O)[nH]c4=O)[C@](C)(F)[C@@H]3O)Oc3cccc4ccccc34)C(=O)OC(C)C)cc2c1. The third-order valence-corrected chi connectivity index (χ3v) is 16.2. The number of ether oxygens (including phenoxy) is 4. The number of alkyl halides is 4. The molecular formula is C53H58F4N6O18P2. The summed E-state index contributed by atoms with van der Waals surface area (Å²) in [6.45, 7) is 5.67. The molecule has 4 heterocycles. The number of nitrogens with zero attached hydrogens (tertiary/aromatic N) is 2. The maximum Gasteiger partial charge on any atom is 0.459 e. The van der Waals surface area contributed by atoms with Crippen LogP contribution in [-0.4, -0.2) is 114 Å². The smallest absolute Gasteiger partial charge is 0.459 e. The molecule has 2 aliphatic rings. The minimum atomic E-state index is -5.18. The predicted molar refractivity (Wildman–Crippen MR) is 289 cm³/mol. The van der Waals surface area contributed by atoms with E-state index in [0.717, 1.165) is 31.5 Å². The van der Waals surface area contributed by atoms with E-state index < -0.39 is 141 Å². The van der Waals surface area contributed by atoms with E-state index in [1.54, 1.807) is 42.5 Å². The summed E-state index contributed by atoms with van der Waals surface area (Å²) >= 11 is 0. The van der Waals surface area contributed by atoms with Crippen LogP contribution in [0.3, 0.4) is 0 Å². The molecule has 2 aromatic heterocycles. The zero-order valence-corrected chi connectivity index (χ0v) is 47.1. The Balaban J connectivity index is 1.10. The fourth-order valence-corrected chi connectivity index (χ4v) is 11.9. The van der Waals surface area contributed by atoms with Gasteiger partial charge in [0, 0.05) is 29.9 Å². The lowest BCUT2D eigenvalue weighted by molar-refractivity contribution is -0.204. The summed E-state index contributed by atoms with van der Waals surface area (Å²) in [7, 11) is -10.3. The number of halogens is 4. The number of aromatic amines is 2. The van der Waals surface area contributed by atoms with Gasteiger partial charge in [-0.3, -0.25) is 47.3 Å². The number of rotatable bonds is 22. The van der Waals surface area contributed by atoms with Crippen LogP contribution in [0.25, 0.3) is 27.7 Å². The first-order valence-electron chi connectivity index (χ1n) is 25.5. The van der Waals surface area contributed by atoms with Gasteiger partial charge in [-0.25, -0.2) is 31.9 Å². The summed E-state index contributed by atoms with van der Waals surface area (Å²) in [6.07, 6.45) is -7.06. The summed E-state index contributed by atoms with van der Waals surface area (Å²) in [5, 5.41) is 28.6. The van der Waals surface area contributed by atoms with Gasteiger partial charge in [0.05, 0.1) is 18.4 Å². The van der Waals surface area contributed by atoms with Gasteiger partial charge in [-0.1, -0.05) is 60.7 Å². The summed E-state index contributed by atoms with van der Waals surface area (Å²) in [4.78, 5) is 79.3. The van der Waals surface area contributed by atoms with E-state index in [2.05, 4.69) is 10.2 Å². The summed E-state index contributed by atoms with van der Waals surface area (Å²) < 4.78 is 141. The maximum atomic E-state index is 16.9. The monoisotopic (exact) mass is 1200 g/mol. The summed E-state index contributed by atoms with van der Waals surface area (Å²) in [6, 6.07) is 18.6. The zero-order chi connectivity index (χ0) is 60.6. The molecule has 4 aromatic carbocycles. The first-order chi connectivity index (χ1) is 38.8. The Morgan fingerprint density at radius 1 is 0.711 bits per heavy atom. The summed E-state index contributed by atoms with van der Waals surface area (Å²) in [5.74, 6) is -10.4. The van der Waals surface area contributed by atoms with Crippen molar-refractivity contribution in [2.75, 3.05) is 13.2 Å². The van der Waals surface area contributed by atoms with Crippen LogP contribution in [0.2, 0.25) is 0 Å². The molecule has 6 N–H and O–H groups in total. The highest BCUT2D eigenvalue weighted by atomic mass is 31.2. The normalized spacial score (nSPS) is 26.1. The fourth-order valence-electron chi connectivity index (χ4n) is 8.84. The molecule has 446 valence electrons. The van der Waals surface area contributed by atoms with Crippen molar-refractivity contribution >= 4 is 55.2 Å². The van der Waals surface area contributed by atoms with Gasteiger partial charge in [0.25, 0.3) is 17.0 Å². The van der Waals surface area contributed by atoms with E-state index in [1.165, 1.54) is 71.0 Å². The van der Waals surface area contributed by atoms with Crippen LogP contribution in [0.5, 0.6) is 11.5 Å². The third kappa shape index (κ3) is 13.7. The number of aliphatic hydroxyl groups excluding tert-OH is 2. The lowest BCUT2D eigenvalue weighted by atomic mass is 9.97. The van der Waals surface area contributed by atoms with Gasteiger partial charge in [-0.05, 0) is 94.8 Å². The molecule has 0 saturated carbocycles. The first-order valence-corrected chi connectivity index (χ1v) is 28.6. The number of aliphatic hydroxyl groups is 2.